The molecule has 0 spiro atoms. The second kappa shape index (κ2) is 4.74. The van der Waals surface area contributed by atoms with Crippen LogP contribution in [0.2, 0.25) is 0 Å². The van der Waals surface area contributed by atoms with Crippen molar-refractivity contribution in [2.75, 3.05) is 0 Å². The third kappa shape index (κ3) is 2.83. The minimum atomic E-state index is -1.14. The summed E-state index contributed by atoms with van der Waals surface area (Å²) in [4.78, 5) is 10.2. The van der Waals surface area contributed by atoms with E-state index in [2.05, 4.69) is 0 Å². The van der Waals surface area contributed by atoms with Gasteiger partial charge in [-0.15, -0.1) is 0 Å². The monoisotopic (exact) mass is 195 g/mol. The highest BCUT2D eigenvalue weighted by molar-refractivity contribution is 5.57. The lowest BCUT2D eigenvalue weighted by molar-refractivity contribution is -0.115. The predicted molar refractivity (Wildman–Crippen MR) is 51.9 cm³/mol. The maximum Gasteiger partial charge on any atom is 0.150 e. The minimum absolute atomic E-state index is 0.179. The van der Waals surface area contributed by atoms with Crippen LogP contribution in [0.5, 0.6) is 5.75 Å². The fourth-order valence-electron chi connectivity index (χ4n) is 1.13. The summed E-state index contributed by atoms with van der Waals surface area (Å²) in [6.07, 6.45) is -0.311. The number of hydrogen-bond acceptors (Lipinski definition) is 4. The van der Waals surface area contributed by atoms with Gasteiger partial charge in [0.25, 0.3) is 0 Å². The maximum atomic E-state index is 10.2. The normalized spacial score (nSPS) is 14.7. The number of carbonyl (C=O) groups excluding carboxylic acids is 1. The first kappa shape index (κ1) is 10.7. The number of hydrogen-bond donors (Lipinski definition) is 3. The van der Waals surface area contributed by atoms with E-state index in [1.54, 1.807) is 12.1 Å². The van der Waals surface area contributed by atoms with Crippen LogP contribution in [0.15, 0.2) is 24.3 Å². The number of carbonyl (C=O) groups is 1. The Hall–Kier alpha value is -1.39. The zero-order chi connectivity index (χ0) is 10.6. The predicted octanol–water partition coefficient (Wildman–Crippen LogP) is -0.178. The zero-order valence-corrected chi connectivity index (χ0v) is 7.63. The molecule has 2 unspecified atom stereocenters. The molecule has 1 aromatic carbocycles. The van der Waals surface area contributed by atoms with Crippen molar-refractivity contribution in [3.8, 4) is 5.75 Å². The molecule has 0 aromatic heterocycles. The molecule has 4 nitrogen and oxygen atoms in total. The second-order valence-corrected chi connectivity index (χ2v) is 3.16. The molecule has 4 N–H and O–H groups in total. The summed E-state index contributed by atoms with van der Waals surface area (Å²) in [5.74, 6) is 0.179. The van der Waals surface area contributed by atoms with E-state index in [1.165, 1.54) is 12.1 Å². The molecular weight excluding hydrogens is 182 g/mol. The summed E-state index contributed by atoms with van der Waals surface area (Å²) in [5, 5.41) is 18.1. The number of phenolic OH excluding ortho intramolecular Hbond substituents is 1. The summed E-state index contributed by atoms with van der Waals surface area (Å²) < 4.78 is 0. The van der Waals surface area contributed by atoms with Crippen LogP contribution in [0.4, 0.5) is 0 Å². The van der Waals surface area contributed by atoms with E-state index in [1.807, 2.05) is 0 Å². The first-order valence-corrected chi connectivity index (χ1v) is 4.30. The van der Waals surface area contributed by atoms with Crippen molar-refractivity contribution in [1.82, 2.24) is 0 Å². The Kier molecular flexibility index (Phi) is 3.62. The SMILES string of the molecule is NC(Cc1ccc(O)cc1)C(O)C=O. The standard InChI is InChI=1S/C10H13NO3/c11-9(10(14)6-12)5-7-1-3-8(13)4-2-7/h1-4,6,9-10,13-14H,5,11H2. The van der Waals surface area contributed by atoms with Crippen LogP contribution in [0, 0.1) is 0 Å². The van der Waals surface area contributed by atoms with Crippen molar-refractivity contribution in [2.24, 2.45) is 5.73 Å². The quantitative estimate of drug-likeness (QED) is 0.582. The Morgan fingerprint density at radius 2 is 1.93 bits per heavy atom. The van der Waals surface area contributed by atoms with Crippen LogP contribution in [0.25, 0.3) is 0 Å². The number of aliphatic hydroxyl groups is 1. The van der Waals surface area contributed by atoms with E-state index in [-0.39, 0.29) is 5.75 Å². The Bertz CT molecular complexity index is 297. The zero-order valence-electron chi connectivity index (χ0n) is 7.63. The van der Waals surface area contributed by atoms with Gasteiger partial charge in [-0.2, -0.15) is 0 Å². The van der Waals surface area contributed by atoms with Gasteiger partial charge in [-0.3, -0.25) is 0 Å². The Balaban J connectivity index is 2.60. The molecule has 0 aliphatic heterocycles. The Morgan fingerprint density at radius 1 is 1.36 bits per heavy atom. The molecule has 1 rings (SSSR count). The van der Waals surface area contributed by atoms with Crippen LogP contribution in [-0.4, -0.2) is 28.6 Å². The van der Waals surface area contributed by atoms with Gasteiger partial charge in [-0.1, -0.05) is 12.1 Å². The fraction of sp³-hybridized carbons (Fsp3) is 0.300. The summed E-state index contributed by atoms with van der Waals surface area (Å²) in [7, 11) is 0. The molecule has 2 atom stereocenters. The smallest absolute Gasteiger partial charge is 0.150 e. The third-order valence-corrected chi connectivity index (χ3v) is 1.99. The molecular formula is C10H13NO3. The highest BCUT2D eigenvalue weighted by Gasteiger charge is 2.13. The van der Waals surface area contributed by atoms with Crippen molar-refractivity contribution in [1.29, 1.82) is 0 Å². The average Bonchev–Trinajstić information content (AvgIpc) is 2.20. The summed E-state index contributed by atoms with van der Waals surface area (Å²) in [6.45, 7) is 0. The molecule has 0 saturated carbocycles. The van der Waals surface area contributed by atoms with Gasteiger partial charge in [-0.05, 0) is 24.1 Å². The third-order valence-electron chi connectivity index (χ3n) is 1.99. The van der Waals surface area contributed by atoms with E-state index in [0.717, 1.165) is 5.56 Å². The van der Waals surface area contributed by atoms with E-state index in [4.69, 9.17) is 15.9 Å². The molecule has 0 amide bonds. The van der Waals surface area contributed by atoms with E-state index >= 15 is 0 Å². The van der Waals surface area contributed by atoms with Crippen LogP contribution >= 0.6 is 0 Å². The number of benzene rings is 1. The van der Waals surface area contributed by atoms with Crippen molar-refractivity contribution < 1.29 is 15.0 Å². The average molecular weight is 195 g/mol. The van der Waals surface area contributed by atoms with Gasteiger partial charge in [0, 0.05) is 6.04 Å². The van der Waals surface area contributed by atoms with Crippen LogP contribution < -0.4 is 5.73 Å². The van der Waals surface area contributed by atoms with Gasteiger partial charge in [0.2, 0.25) is 0 Å². The van der Waals surface area contributed by atoms with Gasteiger partial charge in [0.1, 0.15) is 18.1 Å². The molecule has 4 heteroatoms. The molecule has 1 aromatic rings. The number of nitrogens with two attached hydrogens (primary N) is 1. The van der Waals surface area contributed by atoms with Crippen molar-refractivity contribution in [2.45, 2.75) is 18.6 Å². The lowest BCUT2D eigenvalue weighted by atomic mass is 10.0. The summed E-state index contributed by atoms with van der Waals surface area (Å²) in [6, 6.07) is 5.88. The van der Waals surface area contributed by atoms with Crippen molar-refractivity contribution in [3.05, 3.63) is 29.8 Å². The maximum absolute atomic E-state index is 10.2. The van der Waals surface area contributed by atoms with Crippen LogP contribution in [0.1, 0.15) is 5.56 Å². The van der Waals surface area contributed by atoms with Gasteiger partial charge < -0.3 is 20.7 Å². The van der Waals surface area contributed by atoms with Crippen LogP contribution in [0.3, 0.4) is 0 Å². The topological polar surface area (TPSA) is 83.6 Å². The summed E-state index contributed by atoms with van der Waals surface area (Å²) in [5.41, 5.74) is 6.43. The second-order valence-electron chi connectivity index (χ2n) is 3.16. The fourth-order valence-corrected chi connectivity index (χ4v) is 1.13. The Morgan fingerprint density at radius 3 is 2.43 bits per heavy atom. The highest BCUT2D eigenvalue weighted by Crippen LogP contribution is 2.11. The largest absolute Gasteiger partial charge is 0.508 e. The number of aliphatic hydroxyl groups excluding tert-OH is 1. The minimum Gasteiger partial charge on any atom is -0.508 e. The first-order chi connectivity index (χ1) is 6.63. The van der Waals surface area contributed by atoms with E-state index in [0.29, 0.717) is 12.7 Å². The molecule has 76 valence electrons. The molecule has 0 aliphatic rings. The van der Waals surface area contributed by atoms with Crippen molar-refractivity contribution in [3.63, 3.8) is 0 Å². The molecule has 0 heterocycles. The number of aldehydes is 1. The molecule has 0 aliphatic carbocycles. The van der Waals surface area contributed by atoms with Gasteiger partial charge in [-0.25, -0.2) is 0 Å². The molecule has 0 radical (unpaired) electrons. The Labute approximate surface area is 82.0 Å². The molecule has 0 bridgehead atoms. The van der Waals surface area contributed by atoms with E-state index < -0.39 is 12.1 Å². The van der Waals surface area contributed by atoms with Gasteiger partial charge >= 0.3 is 0 Å². The van der Waals surface area contributed by atoms with Crippen molar-refractivity contribution >= 4 is 6.29 Å². The lowest BCUT2D eigenvalue weighted by Gasteiger charge is -2.13. The van der Waals surface area contributed by atoms with Gasteiger partial charge in [0.05, 0.1) is 0 Å². The van der Waals surface area contributed by atoms with Crippen LogP contribution in [-0.2, 0) is 11.2 Å². The number of phenols is 1. The molecule has 0 fully saturated rings. The molecule has 14 heavy (non-hydrogen) atoms. The first-order valence-electron chi connectivity index (χ1n) is 4.30. The molecule has 0 saturated heterocycles. The lowest BCUT2D eigenvalue weighted by Crippen LogP contribution is -2.37. The van der Waals surface area contributed by atoms with Gasteiger partial charge in [0.15, 0.2) is 0 Å². The highest BCUT2D eigenvalue weighted by atomic mass is 16.3. The number of rotatable bonds is 4. The number of aromatic hydroxyl groups is 1. The summed E-state index contributed by atoms with van der Waals surface area (Å²) >= 11 is 0. The van der Waals surface area contributed by atoms with E-state index in [9.17, 15) is 4.79 Å².